The van der Waals surface area contributed by atoms with Gasteiger partial charge in [0, 0.05) is 18.1 Å². The molecule has 0 aromatic heterocycles. The number of likely N-dealkylation sites (tertiary alicyclic amines) is 1. The predicted molar refractivity (Wildman–Crippen MR) is 116 cm³/mol. The fourth-order valence-electron chi connectivity index (χ4n) is 3.51. The van der Waals surface area contributed by atoms with E-state index in [0.29, 0.717) is 22.0 Å². The average Bonchev–Trinajstić information content (AvgIpc) is 2.72. The topological polar surface area (TPSA) is 58.6 Å². The van der Waals surface area contributed by atoms with Gasteiger partial charge in [-0.25, -0.2) is 0 Å². The van der Waals surface area contributed by atoms with E-state index in [0.717, 1.165) is 43.5 Å². The zero-order valence-corrected chi connectivity index (χ0v) is 17.9. The van der Waals surface area contributed by atoms with Gasteiger partial charge in [-0.05, 0) is 75.4 Å². The molecule has 1 N–H and O–H groups in total. The van der Waals surface area contributed by atoms with Crippen LogP contribution < -0.4 is 10.1 Å². The summed E-state index contributed by atoms with van der Waals surface area (Å²) in [5.41, 5.74) is 2.80. The summed E-state index contributed by atoms with van der Waals surface area (Å²) in [5, 5.41) is 3.55. The Bertz CT molecular complexity index is 884. The quantitative estimate of drug-likeness (QED) is 0.749. The van der Waals surface area contributed by atoms with Crippen molar-refractivity contribution in [1.29, 1.82) is 0 Å². The molecule has 0 saturated carbocycles. The van der Waals surface area contributed by atoms with Crippen LogP contribution in [-0.2, 0) is 4.79 Å². The third-order valence-corrected chi connectivity index (χ3v) is 5.75. The summed E-state index contributed by atoms with van der Waals surface area (Å²) in [6.45, 7) is 7.00. The molecule has 1 atom stereocenters. The Labute approximate surface area is 177 Å². The molecule has 0 aliphatic carbocycles. The predicted octanol–water partition coefficient (Wildman–Crippen LogP) is 4.99. The minimum atomic E-state index is -0.729. The normalized spacial score (nSPS) is 15.0. The lowest BCUT2D eigenvalue weighted by molar-refractivity contribution is -0.122. The highest BCUT2D eigenvalue weighted by Crippen LogP contribution is 2.27. The second-order valence-corrected chi connectivity index (χ2v) is 7.90. The number of halogens is 1. The monoisotopic (exact) mass is 414 g/mol. The number of rotatable bonds is 5. The molecule has 1 aliphatic rings. The van der Waals surface area contributed by atoms with E-state index in [-0.39, 0.29) is 11.8 Å². The molecule has 1 fully saturated rings. The number of anilines is 1. The minimum absolute atomic E-state index is 0.0434. The van der Waals surface area contributed by atoms with Crippen LogP contribution in [0.4, 0.5) is 5.69 Å². The van der Waals surface area contributed by atoms with Gasteiger partial charge >= 0.3 is 0 Å². The number of nitrogens with one attached hydrogen (secondary N) is 1. The van der Waals surface area contributed by atoms with E-state index in [9.17, 15) is 9.59 Å². The van der Waals surface area contributed by atoms with E-state index in [1.54, 1.807) is 25.1 Å². The van der Waals surface area contributed by atoms with Crippen molar-refractivity contribution in [3.63, 3.8) is 0 Å². The second-order valence-electron chi connectivity index (χ2n) is 7.52. The van der Waals surface area contributed by atoms with Crippen LogP contribution in [0.25, 0.3) is 0 Å². The van der Waals surface area contributed by atoms with Crippen molar-refractivity contribution in [2.45, 2.75) is 46.1 Å². The first kappa shape index (κ1) is 21.2. The molecule has 0 radical (unpaired) electrons. The number of benzene rings is 2. The summed E-state index contributed by atoms with van der Waals surface area (Å²) in [5.74, 6) is 0.233. The summed E-state index contributed by atoms with van der Waals surface area (Å²) in [6.07, 6.45) is 2.46. The number of piperidine rings is 1. The zero-order valence-electron chi connectivity index (χ0n) is 17.1. The minimum Gasteiger partial charge on any atom is -0.481 e. The smallest absolute Gasteiger partial charge is 0.265 e. The van der Waals surface area contributed by atoms with E-state index < -0.39 is 6.10 Å². The zero-order chi connectivity index (χ0) is 21.0. The number of aryl methyl sites for hydroxylation is 2. The van der Waals surface area contributed by atoms with E-state index in [2.05, 4.69) is 5.32 Å². The van der Waals surface area contributed by atoms with Gasteiger partial charge < -0.3 is 15.0 Å². The Balaban J connectivity index is 1.71. The van der Waals surface area contributed by atoms with Crippen molar-refractivity contribution >= 4 is 29.1 Å². The maximum Gasteiger partial charge on any atom is 0.265 e. The van der Waals surface area contributed by atoms with Gasteiger partial charge in [0.25, 0.3) is 11.8 Å². The first-order valence-corrected chi connectivity index (χ1v) is 10.4. The van der Waals surface area contributed by atoms with Crippen molar-refractivity contribution in [2.24, 2.45) is 0 Å². The lowest BCUT2D eigenvalue weighted by Gasteiger charge is -2.27. The molecule has 1 heterocycles. The van der Waals surface area contributed by atoms with Crippen molar-refractivity contribution in [2.75, 3.05) is 18.4 Å². The number of hydrogen-bond acceptors (Lipinski definition) is 3. The molecular formula is C23H27ClN2O3. The van der Waals surface area contributed by atoms with Crippen LogP contribution in [0.5, 0.6) is 5.75 Å². The van der Waals surface area contributed by atoms with Crippen molar-refractivity contribution in [1.82, 2.24) is 4.90 Å². The van der Waals surface area contributed by atoms with Crippen LogP contribution in [0.1, 0.15) is 47.7 Å². The summed E-state index contributed by atoms with van der Waals surface area (Å²) in [7, 11) is 0. The lowest BCUT2D eigenvalue weighted by atomic mass is 10.1. The molecular weight excluding hydrogens is 388 g/mol. The lowest BCUT2D eigenvalue weighted by Crippen LogP contribution is -2.36. The van der Waals surface area contributed by atoms with Gasteiger partial charge in [0.05, 0.1) is 11.3 Å². The second kappa shape index (κ2) is 9.31. The Morgan fingerprint density at radius 1 is 1.07 bits per heavy atom. The van der Waals surface area contributed by atoms with E-state index in [1.165, 1.54) is 0 Å². The molecule has 1 saturated heterocycles. The van der Waals surface area contributed by atoms with Gasteiger partial charge in [0.2, 0.25) is 0 Å². The third kappa shape index (κ3) is 5.10. The molecule has 2 aromatic rings. The maximum absolute atomic E-state index is 12.9. The molecule has 0 spiro atoms. The van der Waals surface area contributed by atoms with Crippen LogP contribution in [0, 0.1) is 13.8 Å². The molecule has 1 aliphatic heterocycles. The average molecular weight is 415 g/mol. The van der Waals surface area contributed by atoms with Crippen molar-refractivity contribution in [3.8, 4) is 5.75 Å². The highest BCUT2D eigenvalue weighted by molar-refractivity contribution is 6.32. The largest absolute Gasteiger partial charge is 0.481 e. The number of amides is 2. The van der Waals surface area contributed by atoms with Crippen molar-refractivity contribution in [3.05, 3.63) is 58.1 Å². The number of carbonyl (C=O) groups is 2. The highest BCUT2D eigenvalue weighted by Gasteiger charge is 2.23. The number of ether oxygens (including phenoxy) is 1. The molecule has 2 aromatic carbocycles. The summed E-state index contributed by atoms with van der Waals surface area (Å²) in [6, 6.07) is 10.7. The van der Waals surface area contributed by atoms with Gasteiger partial charge in [-0.2, -0.15) is 0 Å². The number of carbonyl (C=O) groups excluding carboxylic acids is 2. The Morgan fingerprint density at radius 3 is 2.34 bits per heavy atom. The fourth-order valence-corrected chi connectivity index (χ4v) is 3.62. The first-order valence-electron chi connectivity index (χ1n) is 9.99. The van der Waals surface area contributed by atoms with Gasteiger partial charge in [-0.3, -0.25) is 9.59 Å². The van der Waals surface area contributed by atoms with Crippen molar-refractivity contribution < 1.29 is 14.3 Å². The molecule has 6 heteroatoms. The molecule has 1 unspecified atom stereocenters. The molecule has 2 amide bonds. The van der Waals surface area contributed by atoms with E-state index in [4.69, 9.17) is 16.3 Å². The standard InChI is InChI=1S/C23H27ClN2O3/c1-15-13-18(14-16(2)21(15)24)29-17(3)22(27)25-20-10-6-5-9-19(20)23(28)26-11-7-4-8-12-26/h5-6,9-10,13-14,17H,4,7-8,11-12H2,1-3H3,(H,25,27). The van der Waals surface area contributed by atoms with Gasteiger partial charge in [-0.15, -0.1) is 0 Å². The highest BCUT2D eigenvalue weighted by atomic mass is 35.5. The van der Waals surface area contributed by atoms with E-state index >= 15 is 0 Å². The van der Waals surface area contributed by atoms with Crippen LogP contribution in [0.2, 0.25) is 5.02 Å². The summed E-state index contributed by atoms with van der Waals surface area (Å²) in [4.78, 5) is 27.5. The summed E-state index contributed by atoms with van der Waals surface area (Å²) < 4.78 is 5.82. The van der Waals surface area contributed by atoms with Crippen LogP contribution in [0.15, 0.2) is 36.4 Å². The van der Waals surface area contributed by atoms with Crippen LogP contribution in [-0.4, -0.2) is 35.9 Å². The molecule has 0 bridgehead atoms. The molecule has 154 valence electrons. The number of para-hydroxylation sites is 1. The fraction of sp³-hybridized carbons (Fsp3) is 0.391. The Morgan fingerprint density at radius 2 is 1.69 bits per heavy atom. The first-order chi connectivity index (χ1) is 13.9. The Kier molecular flexibility index (Phi) is 6.80. The molecule has 3 rings (SSSR count). The summed E-state index contributed by atoms with van der Waals surface area (Å²) >= 11 is 6.20. The SMILES string of the molecule is Cc1cc(OC(C)C(=O)Nc2ccccc2C(=O)N2CCCCC2)cc(C)c1Cl. The van der Waals surface area contributed by atoms with Gasteiger partial charge in [0.15, 0.2) is 6.10 Å². The van der Waals surface area contributed by atoms with Crippen LogP contribution in [0.3, 0.4) is 0 Å². The van der Waals surface area contributed by atoms with Crippen LogP contribution >= 0.6 is 11.6 Å². The van der Waals surface area contributed by atoms with Gasteiger partial charge in [-0.1, -0.05) is 23.7 Å². The molecule has 29 heavy (non-hydrogen) atoms. The number of nitrogens with zero attached hydrogens (tertiary/aromatic N) is 1. The Hall–Kier alpha value is -2.53. The van der Waals surface area contributed by atoms with E-state index in [1.807, 2.05) is 36.9 Å². The third-order valence-electron chi connectivity index (χ3n) is 5.15. The maximum atomic E-state index is 12.9. The van der Waals surface area contributed by atoms with Gasteiger partial charge in [0.1, 0.15) is 5.75 Å². The molecule has 5 nitrogen and oxygen atoms in total. The number of hydrogen-bond donors (Lipinski definition) is 1.